The van der Waals surface area contributed by atoms with Crippen LogP contribution in [-0.2, 0) is 6.54 Å². The summed E-state index contributed by atoms with van der Waals surface area (Å²) in [5.74, 6) is 1.23. The van der Waals surface area contributed by atoms with Crippen LogP contribution in [0.4, 0.5) is 0 Å². The van der Waals surface area contributed by atoms with Crippen molar-refractivity contribution in [3.05, 3.63) is 11.7 Å². The first-order valence-corrected chi connectivity index (χ1v) is 4.95. The van der Waals surface area contributed by atoms with Gasteiger partial charge in [0.15, 0.2) is 5.82 Å². The molecule has 15 heavy (non-hydrogen) atoms. The molecular formula is C10H16N4O. The van der Waals surface area contributed by atoms with Crippen LogP contribution in [0.1, 0.15) is 32.0 Å². The minimum absolute atomic E-state index is 0.278. The van der Waals surface area contributed by atoms with Gasteiger partial charge in [-0.15, -0.1) is 0 Å². The standard InChI is InChI=1S/C10H16N4O/c1-8-13-9(14-15-8)6-12-5-4-10(2,3)7-11/h12H,4-6H2,1-3H3. The zero-order chi connectivity index (χ0) is 11.3. The highest BCUT2D eigenvalue weighted by Crippen LogP contribution is 2.17. The average molecular weight is 208 g/mol. The van der Waals surface area contributed by atoms with Crippen LogP contribution < -0.4 is 5.32 Å². The van der Waals surface area contributed by atoms with Crippen LogP contribution in [0.25, 0.3) is 0 Å². The lowest BCUT2D eigenvalue weighted by Gasteiger charge is -2.14. The summed E-state index contributed by atoms with van der Waals surface area (Å²) >= 11 is 0. The summed E-state index contributed by atoms with van der Waals surface area (Å²) in [4.78, 5) is 4.06. The summed E-state index contributed by atoms with van der Waals surface area (Å²) in [6.07, 6.45) is 0.806. The zero-order valence-corrected chi connectivity index (χ0v) is 9.37. The maximum atomic E-state index is 8.80. The monoisotopic (exact) mass is 208 g/mol. The van der Waals surface area contributed by atoms with Crippen LogP contribution in [0, 0.1) is 23.7 Å². The third kappa shape index (κ3) is 4.09. The Morgan fingerprint density at radius 1 is 1.53 bits per heavy atom. The molecule has 0 bridgehead atoms. The minimum Gasteiger partial charge on any atom is -0.340 e. The van der Waals surface area contributed by atoms with Gasteiger partial charge in [0.25, 0.3) is 0 Å². The van der Waals surface area contributed by atoms with E-state index in [0.29, 0.717) is 18.3 Å². The Morgan fingerprint density at radius 2 is 2.27 bits per heavy atom. The lowest BCUT2D eigenvalue weighted by Crippen LogP contribution is -2.21. The molecule has 0 aromatic carbocycles. The minimum atomic E-state index is -0.278. The molecule has 0 saturated carbocycles. The number of hydrogen-bond donors (Lipinski definition) is 1. The first kappa shape index (κ1) is 11.7. The number of aryl methyl sites for hydroxylation is 1. The van der Waals surface area contributed by atoms with E-state index in [0.717, 1.165) is 13.0 Å². The van der Waals surface area contributed by atoms with Gasteiger partial charge in [-0.1, -0.05) is 5.16 Å². The highest BCUT2D eigenvalue weighted by atomic mass is 16.5. The summed E-state index contributed by atoms with van der Waals surface area (Å²) in [7, 11) is 0. The van der Waals surface area contributed by atoms with Gasteiger partial charge in [-0.2, -0.15) is 10.2 Å². The van der Waals surface area contributed by atoms with Crippen LogP contribution in [-0.4, -0.2) is 16.7 Å². The number of nitrogens with zero attached hydrogens (tertiary/aromatic N) is 3. The van der Waals surface area contributed by atoms with Crippen molar-refractivity contribution in [2.45, 2.75) is 33.7 Å². The molecule has 0 atom stereocenters. The molecule has 5 heteroatoms. The van der Waals surface area contributed by atoms with E-state index < -0.39 is 0 Å². The molecule has 0 radical (unpaired) electrons. The molecule has 1 heterocycles. The van der Waals surface area contributed by atoms with E-state index >= 15 is 0 Å². The average Bonchev–Trinajstić information content (AvgIpc) is 2.59. The van der Waals surface area contributed by atoms with Gasteiger partial charge in [-0.05, 0) is 26.8 Å². The van der Waals surface area contributed by atoms with Crippen molar-refractivity contribution in [2.24, 2.45) is 5.41 Å². The number of hydrogen-bond acceptors (Lipinski definition) is 5. The molecule has 0 aliphatic carbocycles. The normalized spacial score (nSPS) is 11.3. The Balaban J connectivity index is 2.21. The Labute approximate surface area is 89.5 Å². The van der Waals surface area contributed by atoms with E-state index in [2.05, 4.69) is 21.5 Å². The van der Waals surface area contributed by atoms with Gasteiger partial charge in [0.1, 0.15) is 0 Å². The quantitative estimate of drug-likeness (QED) is 0.740. The number of nitrogens with one attached hydrogen (secondary N) is 1. The van der Waals surface area contributed by atoms with Crippen LogP contribution in [0.15, 0.2) is 4.52 Å². The molecule has 1 aromatic rings. The molecule has 0 amide bonds. The fourth-order valence-electron chi connectivity index (χ4n) is 1.07. The summed E-state index contributed by atoms with van der Waals surface area (Å²) in [5, 5.41) is 15.7. The maximum Gasteiger partial charge on any atom is 0.223 e. The van der Waals surface area contributed by atoms with Crippen molar-refractivity contribution in [3.8, 4) is 6.07 Å². The Hall–Kier alpha value is -1.41. The maximum absolute atomic E-state index is 8.80. The van der Waals surface area contributed by atoms with Gasteiger partial charge in [0, 0.05) is 6.92 Å². The molecule has 1 aromatic heterocycles. The Morgan fingerprint density at radius 3 is 2.80 bits per heavy atom. The summed E-state index contributed by atoms with van der Waals surface area (Å²) in [5.41, 5.74) is -0.278. The van der Waals surface area contributed by atoms with Crippen LogP contribution in [0.5, 0.6) is 0 Å². The second-order valence-electron chi connectivity index (χ2n) is 4.15. The van der Waals surface area contributed by atoms with Gasteiger partial charge in [0.05, 0.1) is 18.0 Å². The van der Waals surface area contributed by atoms with E-state index in [9.17, 15) is 0 Å². The molecule has 0 aliphatic heterocycles. The first-order chi connectivity index (χ1) is 7.03. The van der Waals surface area contributed by atoms with Crippen molar-refractivity contribution in [3.63, 3.8) is 0 Å². The molecule has 1 N–H and O–H groups in total. The van der Waals surface area contributed by atoms with E-state index in [1.54, 1.807) is 6.92 Å². The number of aromatic nitrogens is 2. The fourth-order valence-corrected chi connectivity index (χ4v) is 1.07. The Bertz CT molecular complexity index is 351. The van der Waals surface area contributed by atoms with Crippen molar-refractivity contribution in [1.29, 1.82) is 5.26 Å². The summed E-state index contributed by atoms with van der Waals surface area (Å²) in [6.45, 7) is 6.96. The number of nitriles is 1. The topological polar surface area (TPSA) is 74.7 Å². The molecule has 0 saturated heterocycles. The molecule has 82 valence electrons. The molecule has 0 aliphatic rings. The lowest BCUT2D eigenvalue weighted by molar-refractivity contribution is 0.383. The van der Waals surface area contributed by atoms with Gasteiger partial charge in [-0.3, -0.25) is 0 Å². The predicted molar refractivity (Wildman–Crippen MR) is 54.8 cm³/mol. The molecule has 0 fully saturated rings. The lowest BCUT2D eigenvalue weighted by atomic mass is 9.91. The molecule has 1 rings (SSSR count). The third-order valence-electron chi connectivity index (χ3n) is 2.08. The van der Waals surface area contributed by atoms with Crippen molar-refractivity contribution in [1.82, 2.24) is 15.5 Å². The van der Waals surface area contributed by atoms with Gasteiger partial charge in [0.2, 0.25) is 5.89 Å². The molecule has 0 spiro atoms. The zero-order valence-electron chi connectivity index (χ0n) is 9.37. The Kier molecular flexibility index (Phi) is 3.81. The van der Waals surface area contributed by atoms with Crippen molar-refractivity contribution >= 4 is 0 Å². The molecule has 5 nitrogen and oxygen atoms in total. The van der Waals surface area contributed by atoms with Gasteiger partial charge in [-0.25, -0.2) is 0 Å². The molecular weight excluding hydrogens is 192 g/mol. The highest BCUT2D eigenvalue weighted by Gasteiger charge is 2.15. The van der Waals surface area contributed by atoms with Crippen molar-refractivity contribution < 1.29 is 4.52 Å². The largest absolute Gasteiger partial charge is 0.340 e. The second-order valence-corrected chi connectivity index (χ2v) is 4.15. The summed E-state index contributed by atoms with van der Waals surface area (Å²) in [6, 6.07) is 2.25. The van der Waals surface area contributed by atoms with E-state index in [1.165, 1.54) is 0 Å². The first-order valence-electron chi connectivity index (χ1n) is 4.95. The highest BCUT2D eigenvalue weighted by molar-refractivity contribution is 4.92. The van der Waals surface area contributed by atoms with Crippen molar-refractivity contribution in [2.75, 3.05) is 6.54 Å². The predicted octanol–water partition coefficient (Wildman–Crippen LogP) is 1.41. The smallest absolute Gasteiger partial charge is 0.223 e. The second kappa shape index (κ2) is 4.89. The van der Waals surface area contributed by atoms with Gasteiger partial charge >= 0.3 is 0 Å². The van der Waals surface area contributed by atoms with Gasteiger partial charge < -0.3 is 9.84 Å². The fraction of sp³-hybridized carbons (Fsp3) is 0.700. The van der Waals surface area contributed by atoms with E-state index in [4.69, 9.17) is 9.78 Å². The van der Waals surface area contributed by atoms with Crippen LogP contribution in [0.3, 0.4) is 0 Å². The van der Waals surface area contributed by atoms with E-state index in [-0.39, 0.29) is 5.41 Å². The summed E-state index contributed by atoms with van der Waals surface area (Å²) < 4.78 is 4.83. The number of rotatable bonds is 5. The SMILES string of the molecule is Cc1nc(CNCCC(C)(C)C#N)no1. The van der Waals surface area contributed by atoms with E-state index in [1.807, 2.05) is 13.8 Å². The third-order valence-corrected chi connectivity index (χ3v) is 2.08. The van der Waals surface area contributed by atoms with Crippen LogP contribution in [0.2, 0.25) is 0 Å². The molecule has 0 unspecified atom stereocenters. The van der Waals surface area contributed by atoms with Crippen LogP contribution >= 0.6 is 0 Å².